The van der Waals surface area contributed by atoms with Gasteiger partial charge in [-0.2, -0.15) is 0 Å². The van der Waals surface area contributed by atoms with Gasteiger partial charge in [-0.1, -0.05) is 61.4 Å². The predicted molar refractivity (Wildman–Crippen MR) is 328 cm³/mol. The van der Waals surface area contributed by atoms with E-state index in [2.05, 4.69) is 52.7 Å². The summed E-state index contributed by atoms with van der Waals surface area (Å²) >= 11 is -0.0308. The lowest BCUT2D eigenvalue weighted by molar-refractivity contribution is -0.433. The molecule has 3 aromatic rings. The summed E-state index contributed by atoms with van der Waals surface area (Å²) in [5, 5.41) is 125. The average Bonchev–Trinajstić information content (AvgIpc) is 1.71. The van der Waals surface area contributed by atoms with Crippen LogP contribution in [-0.4, -0.2) is 233 Å². The highest BCUT2D eigenvalue weighted by molar-refractivity contribution is 7.90. The van der Waals surface area contributed by atoms with Gasteiger partial charge in [0, 0.05) is 75.0 Å². The highest BCUT2D eigenvalue weighted by Gasteiger charge is 2.51. The van der Waals surface area contributed by atoms with E-state index >= 15 is 0 Å². The van der Waals surface area contributed by atoms with Gasteiger partial charge in [-0.15, -0.1) is 0 Å². The Labute approximate surface area is 539 Å². The number of hydrogen-bond donors (Lipinski definition) is 16. The van der Waals surface area contributed by atoms with Crippen LogP contribution in [0, 0.1) is 5.92 Å². The number of fused-ring (bicyclic) bond motifs is 2. The number of benzene rings is 3. The number of rotatable bonds is 23. The third kappa shape index (κ3) is 19.0. The van der Waals surface area contributed by atoms with Crippen LogP contribution in [0.2, 0.25) is 0 Å². The number of primary amides is 1. The molecule has 0 bridgehead atoms. The number of unbranched alkanes of at least 4 members (excludes halogenated alkanes) is 5. The lowest BCUT2D eigenvalue weighted by atomic mass is 9.96. The Morgan fingerprint density at radius 2 is 1.32 bits per heavy atom. The largest absolute Gasteiger partial charge is 0.504 e. The first kappa shape index (κ1) is 72.8. The fraction of sp³-hybridized carbons (Fsp3) is 0.567. The van der Waals surface area contributed by atoms with E-state index in [1.165, 1.54) is 44.7 Å². The number of piperazine rings is 1. The minimum atomic E-state index is -2.55. The topological polar surface area (TPSA) is 475 Å². The van der Waals surface area contributed by atoms with Crippen LogP contribution in [-0.2, 0) is 42.9 Å². The molecular weight excluding hydrogens is 1240 g/mol. The van der Waals surface area contributed by atoms with E-state index in [1.54, 1.807) is 12.1 Å². The molecule has 7 rings (SSSR count). The van der Waals surface area contributed by atoms with Crippen molar-refractivity contribution in [2.24, 2.45) is 11.7 Å². The minimum Gasteiger partial charge on any atom is -0.504 e. The molecular formula is C60H84N10O22S. The molecule has 93 heavy (non-hydrogen) atoms. The summed E-state index contributed by atoms with van der Waals surface area (Å²) in [5.41, 5.74) is 6.81. The number of ether oxygens (including phenoxy) is 1. The van der Waals surface area contributed by atoms with Crippen LogP contribution >= 0.6 is 12.3 Å². The number of aliphatic hydroxyl groups is 8. The Balaban J connectivity index is 1.15. The van der Waals surface area contributed by atoms with Crippen LogP contribution in [0.4, 0.5) is 11.4 Å². The van der Waals surface area contributed by atoms with E-state index in [0.717, 1.165) is 55.1 Å². The van der Waals surface area contributed by atoms with Gasteiger partial charge in [0.05, 0.1) is 37.4 Å². The molecule has 512 valence electrons. The second-order valence-electron chi connectivity index (χ2n) is 23.6. The van der Waals surface area contributed by atoms with Crippen molar-refractivity contribution in [2.75, 3.05) is 55.7 Å². The second-order valence-corrected chi connectivity index (χ2v) is 24.0. The van der Waals surface area contributed by atoms with Crippen molar-refractivity contribution in [1.29, 1.82) is 0 Å². The molecule has 0 spiro atoms. The van der Waals surface area contributed by atoms with Crippen molar-refractivity contribution in [3.05, 3.63) is 77.9 Å². The van der Waals surface area contributed by atoms with Gasteiger partial charge in [-0.3, -0.25) is 38.4 Å². The molecule has 4 saturated heterocycles. The first-order valence-corrected chi connectivity index (χ1v) is 31.3. The number of amides is 8. The summed E-state index contributed by atoms with van der Waals surface area (Å²) in [5.74, 6) is -11.8. The third-order valence-corrected chi connectivity index (χ3v) is 17.2. The standard InChI is InChI=1S/C60H84N10O22S/c1-4-5-6-7-8-9-24-89-38-17-15-36(16-18-38)68-22-20-67(21-23-68)35-13-10-33(11-14-35)53(80)62-39-27-43(75)56(83)66-58(85)49-50(77)31(2)29-70(49)60(87)47(42(74)28-45(61)76)64-57(84)48(52(79)51(78)34-12-19-41(73)44(25-34)90-93-92-91-88)65-55(82)40-26-37(72)30-69(40)59(86)46(32(3)71)63-54(39)81/h10-19,25,31-32,37,39-40,42-43,46-52,56,71-75,77-79,83,88H,4-9,20-24,26-30H2,1-3H3,(H2,61,76)(H,62,80)(H,63,81)(H,64,84)(H,65,82)(H,66,85). The van der Waals surface area contributed by atoms with Crippen LogP contribution in [0.15, 0.2) is 66.7 Å². The number of nitrogens with one attached hydrogen (secondary N) is 5. The molecule has 4 heterocycles. The molecule has 0 radical (unpaired) electrons. The van der Waals surface area contributed by atoms with Gasteiger partial charge < -0.3 is 107 Å². The van der Waals surface area contributed by atoms with Gasteiger partial charge in [0.15, 0.2) is 17.7 Å². The highest BCUT2D eigenvalue weighted by Crippen LogP contribution is 2.34. The summed E-state index contributed by atoms with van der Waals surface area (Å²) < 4.78 is 15.2. The number of anilines is 2. The van der Waals surface area contributed by atoms with E-state index in [4.69, 9.17) is 19.9 Å². The van der Waals surface area contributed by atoms with Gasteiger partial charge in [-0.05, 0) is 79.6 Å². The van der Waals surface area contributed by atoms with Crippen LogP contribution in [0.25, 0.3) is 0 Å². The fourth-order valence-electron chi connectivity index (χ4n) is 11.6. The van der Waals surface area contributed by atoms with Crippen LogP contribution < -0.4 is 51.0 Å². The number of aliphatic hydroxyl groups excluding tert-OH is 8. The molecule has 32 nitrogen and oxygen atoms in total. The zero-order valence-corrected chi connectivity index (χ0v) is 52.3. The van der Waals surface area contributed by atoms with Crippen molar-refractivity contribution in [3.63, 3.8) is 0 Å². The SMILES string of the molecule is CCCCCCCCOc1ccc(N2CCN(c3ccc(C(=O)NC4CC(O)C(O)NC(=O)C5C(O)C(C)CN5C(=O)C(C(O)CC(N)=O)NC(=O)C(C(O)C(O)c5ccc(O)c(OSOOO)c5)NC(=O)C5CC(O)CN5C(=O)C(C(C)O)NC4=O)cc3)CC2)cc1. The monoisotopic (exact) mass is 1330 g/mol. The molecule has 17 N–H and O–H groups in total. The summed E-state index contributed by atoms with van der Waals surface area (Å²) in [6, 6.07) is 4.43. The molecule has 33 heteroatoms. The van der Waals surface area contributed by atoms with Crippen molar-refractivity contribution in [1.82, 2.24) is 36.4 Å². The van der Waals surface area contributed by atoms with Gasteiger partial charge in [-0.25, -0.2) is 5.26 Å². The smallest absolute Gasteiger partial charge is 0.261 e. The maximum atomic E-state index is 14.7. The molecule has 4 aliphatic heterocycles. The predicted octanol–water partition coefficient (Wildman–Crippen LogP) is -2.55. The molecule has 4 aliphatic rings. The molecule has 0 saturated carbocycles. The highest BCUT2D eigenvalue weighted by atomic mass is 32.2. The summed E-state index contributed by atoms with van der Waals surface area (Å²) in [4.78, 5) is 120. The molecule has 4 fully saturated rings. The first-order valence-electron chi connectivity index (χ1n) is 30.6. The Morgan fingerprint density at radius 3 is 1.95 bits per heavy atom. The molecule has 8 amide bonds. The van der Waals surface area contributed by atoms with E-state index in [1.807, 2.05) is 24.3 Å². The Bertz CT molecular complexity index is 3040. The fourth-order valence-corrected chi connectivity index (χ4v) is 11.8. The molecule has 0 aromatic heterocycles. The first-order chi connectivity index (χ1) is 44.3. The number of phenols is 1. The lowest BCUT2D eigenvalue weighted by Gasteiger charge is -2.37. The summed E-state index contributed by atoms with van der Waals surface area (Å²) in [6.07, 6.45) is -12.5. The number of hydrogen-bond acceptors (Lipinski definition) is 25. The number of nitrogens with two attached hydrogens (primary N) is 1. The van der Waals surface area contributed by atoms with Crippen molar-refractivity contribution in [2.45, 2.75) is 164 Å². The van der Waals surface area contributed by atoms with E-state index in [0.29, 0.717) is 42.6 Å². The molecule has 15 unspecified atom stereocenters. The number of carbonyl (C=O) groups excluding carboxylic acids is 8. The van der Waals surface area contributed by atoms with Crippen molar-refractivity contribution in [3.8, 4) is 17.2 Å². The van der Waals surface area contributed by atoms with Gasteiger partial charge >= 0.3 is 0 Å². The van der Waals surface area contributed by atoms with Gasteiger partial charge in [0.1, 0.15) is 60.3 Å². The lowest BCUT2D eigenvalue weighted by Crippen LogP contribution is -2.64. The average molecular weight is 1330 g/mol. The summed E-state index contributed by atoms with van der Waals surface area (Å²) in [7, 11) is 0. The zero-order chi connectivity index (χ0) is 67.8. The third-order valence-electron chi connectivity index (χ3n) is 16.8. The molecule has 15 atom stereocenters. The van der Waals surface area contributed by atoms with Crippen LogP contribution in [0.5, 0.6) is 17.2 Å². The molecule has 3 aromatic carbocycles. The van der Waals surface area contributed by atoms with Crippen molar-refractivity contribution >= 4 is 71.0 Å². The number of nitrogens with zero attached hydrogens (tertiary/aromatic N) is 4. The van der Waals surface area contributed by atoms with E-state index in [-0.39, 0.29) is 23.5 Å². The van der Waals surface area contributed by atoms with Gasteiger partial charge in [0.25, 0.3) is 18.2 Å². The maximum absolute atomic E-state index is 14.7. The Morgan fingerprint density at radius 1 is 0.720 bits per heavy atom. The second kappa shape index (κ2) is 34.0. The number of aromatic hydroxyl groups is 1. The number of carbonyl (C=O) groups is 8. The Hall–Kier alpha value is -7.67. The molecule has 0 aliphatic carbocycles. The van der Waals surface area contributed by atoms with Crippen LogP contribution in [0.1, 0.15) is 101 Å². The van der Waals surface area contributed by atoms with Crippen LogP contribution in [0.3, 0.4) is 0 Å². The zero-order valence-electron chi connectivity index (χ0n) is 51.5. The van der Waals surface area contributed by atoms with E-state index in [9.17, 15) is 84.3 Å². The minimum absolute atomic E-state index is 0.00386. The Kier molecular flexibility index (Phi) is 26.6. The van der Waals surface area contributed by atoms with E-state index < -0.39 is 182 Å². The quantitative estimate of drug-likeness (QED) is 0.0201. The number of phenolic OH excluding ortho intramolecular Hbond substituents is 1. The normalized spacial score (nSPS) is 26.7. The summed E-state index contributed by atoms with van der Waals surface area (Å²) in [6.45, 7) is 6.67. The maximum Gasteiger partial charge on any atom is 0.261 e. The van der Waals surface area contributed by atoms with Gasteiger partial charge in [0.2, 0.25) is 41.4 Å². The van der Waals surface area contributed by atoms with Crippen molar-refractivity contribution < 1.29 is 108 Å².